The van der Waals surface area contributed by atoms with Gasteiger partial charge < -0.3 is 0 Å². The van der Waals surface area contributed by atoms with Gasteiger partial charge in [0.1, 0.15) is 0 Å². The Hall–Kier alpha value is -1.08. The van der Waals surface area contributed by atoms with Crippen molar-refractivity contribution in [3.8, 4) is 0 Å². The van der Waals surface area contributed by atoms with Crippen molar-refractivity contribution in [1.29, 1.82) is 0 Å². The van der Waals surface area contributed by atoms with Crippen molar-refractivity contribution in [2.75, 3.05) is 0 Å². The molecule has 0 saturated carbocycles. The van der Waals surface area contributed by atoms with Gasteiger partial charge in [0.25, 0.3) is 0 Å². The fourth-order valence-electron chi connectivity index (χ4n) is 2.07. The summed E-state index contributed by atoms with van der Waals surface area (Å²) in [5.41, 5.74) is 2.95. The van der Waals surface area contributed by atoms with E-state index in [2.05, 4.69) is 47.9 Å². The van der Waals surface area contributed by atoms with E-state index in [9.17, 15) is 0 Å². The third-order valence-electron chi connectivity index (χ3n) is 2.65. The Labute approximate surface area is 72.3 Å². The standard InChI is InChI=1S/C11H10N/c1-2-5-10-9(4-1)8-12-7-3-6-11(10)12/h1-7,11H,8H2. The molecule has 1 aromatic carbocycles. The predicted octanol–water partition coefficient (Wildman–Crippen LogP) is 2.27. The van der Waals surface area contributed by atoms with Gasteiger partial charge in [-0.15, -0.1) is 0 Å². The molecule has 0 N–H and O–H groups in total. The molecule has 59 valence electrons. The average molecular weight is 156 g/mol. The van der Waals surface area contributed by atoms with Crippen LogP contribution in [0.4, 0.5) is 0 Å². The lowest BCUT2D eigenvalue weighted by Gasteiger charge is -2.13. The molecule has 2 aliphatic heterocycles. The van der Waals surface area contributed by atoms with Crippen molar-refractivity contribution >= 4 is 0 Å². The summed E-state index contributed by atoms with van der Waals surface area (Å²) in [6.07, 6.45) is 4.40. The van der Waals surface area contributed by atoms with Gasteiger partial charge in [-0.1, -0.05) is 36.4 Å². The molecule has 2 heterocycles. The average Bonchev–Trinajstić information content (AvgIpc) is 2.62. The number of nitrogens with zero attached hydrogens (tertiary/aromatic N) is 1. The molecular weight excluding hydrogens is 146 g/mol. The van der Waals surface area contributed by atoms with Crippen LogP contribution in [0, 0.1) is 6.54 Å². The van der Waals surface area contributed by atoms with Gasteiger partial charge in [0.05, 0.1) is 6.04 Å². The summed E-state index contributed by atoms with van der Waals surface area (Å²) in [7, 11) is 0. The van der Waals surface area contributed by atoms with Crippen LogP contribution in [0.15, 0.2) is 36.4 Å². The van der Waals surface area contributed by atoms with Gasteiger partial charge in [-0.25, -0.2) is 0 Å². The van der Waals surface area contributed by atoms with E-state index < -0.39 is 0 Å². The molecule has 0 saturated heterocycles. The van der Waals surface area contributed by atoms with Crippen LogP contribution in [0.3, 0.4) is 0 Å². The second-order valence-corrected chi connectivity index (χ2v) is 3.35. The Bertz CT molecular complexity index is 341. The molecule has 1 unspecified atom stereocenters. The van der Waals surface area contributed by atoms with E-state index in [1.54, 1.807) is 0 Å². The summed E-state index contributed by atoms with van der Waals surface area (Å²) in [6, 6.07) is 9.21. The number of fused-ring (bicyclic) bond motifs is 3. The molecule has 1 heteroatoms. The molecule has 1 atom stereocenters. The fourth-order valence-corrected chi connectivity index (χ4v) is 2.07. The minimum absolute atomic E-state index is 0.529. The van der Waals surface area contributed by atoms with Gasteiger partial charge >= 0.3 is 0 Å². The van der Waals surface area contributed by atoms with E-state index in [4.69, 9.17) is 0 Å². The Morgan fingerprint density at radius 1 is 1.25 bits per heavy atom. The normalized spacial score (nSPS) is 25.8. The van der Waals surface area contributed by atoms with Gasteiger partial charge in [0.2, 0.25) is 0 Å². The first-order valence-corrected chi connectivity index (χ1v) is 4.30. The monoisotopic (exact) mass is 156 g/mol. The van der Waals surface area contributed by atoms with Crippen LogP contribution in [0.1, 0.15) is 17.2 Å². The van der Waals surface area contributed by atoms with Gasteiger partial charge in [-0.05, 0) is 11.1 Å². The maximum Gasteiger partial charge on any atom is 0.0545 e. The highest BCUT2D eigenvalue weighted by atomic mass is 15.2. The lowest BCUT2D eigenvalue weighted by molar-refractivity contribution is 0.343. The SMILES string of the molecule is [CH]1C=CC2c3ccccc3CN12. The summed E-state index contributed by atoms with van der Waals surface area (Å²) in [5, 5.41) is 0. The van der Waals surface area contributed by atoms with Crippen molar-refractivity contribution in [2.24, 2.45) is 0 Å². The maximum absolute atomic E-state index is 2.37. The van der Waals surface area contributed by atoms with Crippen LogP contribution >= 0.6 is 0 Å². The van der Waals surface area contributed by atoms with E-state index in [-0.39, 0.29) is 0 Å². The molecule has 2 aliphatic rings. The van der Waals surface area contributed by atoms with Crippen LogP contribution in [0.5, 0.6) is 0 Å². The number of hydrogen-bond donors (Lipinski definition) is 0. The van der Waals surface area contributed by atoms with Crippen LogP contribution in [-0.2, 0) is 6.54 Å². The zero-order valence-corrected chi connectivity index (χ0v) is 6.77. The largest absolute Gasteiger partial charge is 0.280 e. The summed E-state index contributed by atoms with van der Waals surface area (Å²) >= 11 is 0. The topological polar surface area (TPSA) is 3.24 Å². The molecule has 0 aliphatic carbocycles. The first kappa shape index (κ1) is 6.44. The van der Waals surface area contributed by atoms with Crippen molar-refractivity contribution in [3.05, 3.63) is 54.1 Å². The Kier molecular flexibility index (Phi) is 1.18. The molecule has 0 bridgehead atoms. The van der Waals surface area contributed by atoms with Gasteiger partial charge in [0.15, 0.2) is 0 Å². The third-order valence-corrected chi connectivity index (χ3v) is 2.65. The summed E-state index contributed by atoms with van der Waals surface area (Å²) in [4.78, 5) is 2.37. The van der Waals surface area contributed by atoms with Crippen molar-refractivity contribution in [1.82, 2.24) is 4.90 Å². The highest BCUT2D eigenvalue weighted by Crippen LogP contribution is 2.38. The van der Waals surface area contributed by atoms with Crippen LogP contribution in [-0.4, -0.2) is 4.90 Å². The second-order valence-electron chi connectivity index (χ2n) is 3.35. The van der Waals surface area contributed by atoms with Gasteiger partial charge in [-0.3, -0.25) is 4.90 Å². The summed E-state index contributed by atoms with van der Waals surface area (Å²) in [5.74, 6) is 0. The Balaban J connectivity index is 2.14. The van der Waals surface area contributed by atoms with Crippen molar-refractivity contribution in [2.45, 2.75) is 12.6 Å². The lowest BCUT2D eigenvalue weighted by atomic mass is 10.1. The second kappa shape index (κ2) is 2.20. The molecule has 0 aromatic heterocycles. The number of benzene rings is 1. The molecule has 1 aromatic rings. The molecule has 0 fully saturated rings. The molecule has 0 spiro atoms. The Morgan fingerprint density at radius 2 is 2.17 bits per heavy atom. The smallest absolute Gasteiger partial charge is 0.0545 e. The quantitative estimate of drug-likeness (QED) is 0.557. The molecule has 3 rings (SSSR count). The number of rotatable bonds is 0. The molecular formula is C11H10N. The van der Waals surface area contributed by atoms with Gasteiger partial charge in [-0.2, -0.15) is 0 Å². The zero-order chi connectivity index (χ0) is 7.97. The molecule has 1 nitrogen and oxygen atoms in total. The first-order valence-electron chi connectivity index (χ1n) is 4.30. The highest BCUT2D eigenvalue weighted by molar-refractivity contribution is 5.39. The first-order chi connectivity index (χ1) is 5.95. The van der Waals surface area contributed by atoms with Crippen molar-refractivity contribution in [3.63, 3.8) is 0 Å². The highest BCUT2D eigenvalue weighted by Gasteiger charge is 2.29. The minimum Gasteiger partial charge on any atom is -0.280 e. The zero-order valence-electron chi connectivity index (χ0n) is 6.77. The van der Waals surface area contributed by atoms with Crippen LogP contribution in [0.25, 0.3) is 0 Å². The predicted molar refractivity (Wildman–Crippen MR) is 48.2 cm³/mol. The van der Waals surface area contributed by atoms with E-state index in [1.165, 1.54) is 11.1 Å². The van der Waals surface area contributed by atoms with E-state index in [0.717, 1.165) is 6.54 Å². The lowest BCUT2D eigenvalue weighted by Crippen LogP contribution is -2.11. The Morgan fingerprint density at radius 3 is 3.17 bits per heavy atom. The summed E-state index contributed by atoms with van der Waals surface area (Å²) in [6.45, 7) is 3.25. The van der Waals surface area contributed by atoms with E-state index in [0.29, 0.717) is 6.04 Å². The third kappa shape index (κ3) is 0.718. The van der Waals surface area contributed by atoms with Gasteiger partial charge in [0, 0.05) is 13.1 Å². The molecule has 12 heavy (non-hydrogen) atoms. The fraction of sp³-hybridized carbons (Fsp3) is 0.182. The van der Waals surface area contributed by atoms with E-state index >= 15 is 0 Å². The van der Waals surface area contributed by atoms with Crippen molar-refractivity contribution < 1.29 is 0 Å². The van der Waals surface area contributed by atoms with Crippen LogP contribution in [0.2, 0.25) is 0 Å². The van der Waals surface area contributed by atoms with Crippen LogP contribution < -0.4 is 0 Å². The molecule has 1 radical (unpaired) electrons. The minimum atomic E-state index is 0.529. The maximum atomic E-state index is 2.37. The number of hydrogen-bond acceptors (Lipinski definition) is 1. The molecule has 0 amide bonds. The summed E-state index contributed by atoms with van der Waals surface area (Å²) < 4.78 is 0. The van der Waals surface area contributed by atoms with E-state index in [1.807, 2.05) is 0 Å².